The fourth-order valence-corrected chi connectivity index (χ4v) is 6.87. The van der Waals surface area contributed by atoms with E-state index in [4.69, 9.17) is 4.74 Å². The van der Waals surface area contributed by atoms with E-state index >= 15 is 0 Å². The first-order valence-electron chi connectivity index (χ1n) is 11.9. The van der Waals surface area contributed by atoms with Crippen molar-refractivity contribution in [3.8, 4) is 0 Å². The average molecular weight is 556 g/mol. The number of methoxy groups -OCH3 is 1. The minimum absolute atomic E-state index is 0. The highest BCUT2D eigenvalue weighted by Crippen LogP contribution is 2.34. The zero-order valence-corrected chi connectivity index (χ0v) is 23.1. The van der Waals surface area contributed by atoms with Gasteiger partial charge in [0.2, 0.25) is 10.0 Å². The number of unbranched alkanes of at least 4 members (excludes halogenated alkanes) is 1. The Hall–Kier alpha value is -1.14. The molecule has 0 unspecified atom stereocenters. The summed E-state index contributed by atoms with van der Waals surface area (Å²) in [6.45, 7) is 6.08. The number of rotatable bonds is 10. The summed E-state index contributed by atoms with van der Waals surface area (Å²) in [6.07, 6.45) is 3.69. The number of carbonyl (C=O) groups excluding carboxylic acids is 1. The molecule has 1 aromatic carbocycles. The van der Waals surface area contributed by atoms with Crippen molar-refractivity contribution in [1.29, 1.82) is 0 Å². The molecule has 9 nitrogen and oxygen atoms in total. The molecule has 12 heteroatoms. The second kappa shape index (κ2) is 14.6. The highest BCUT2D eigenvalue weighted by atomic mass is 35.5. The summed E-state index contributed by atoms with van der Waals surface area (Å²) in [6, 6.07) is 8.50. The molecule has 0 spiro atoms. The molecule has 35 heavy (non-hydrogen) atoms. The van der Waals surface area contributed by atoms with E-state index in [1.165, 1.54) is 22.7 Å². The van der Waals surface area contributed by atoms with Crippen LogP contribution in [0.25, 0.3) is 0 Å². The first-order valence-corrected chi connectivity index (χ1v) is 13.3. The smallest absolute Gasteiger partial charge is 0.266 e. The summed E-state index contributed by atoms with van der Waals surface area (Å²) in [7, 11) is -2.32. The van der Waals surface area contributed by atoms with Crippen LogP contribution in [0.2, 0.25) is 0 Å². The van der Waals surface area contributed by atoms with Crippen molar-refractivity contribution < 1.29 is 23.2 Å². The van der Waals surface area contributed by atoms with Crippen LogP contribution in [0.15, 0.2) is 24.3 Å². The number of hydroxylamine groups is 1. The summed E-state index contributed by atoms with van der Waals surface area (Å²) in [5.74, 6) is -0.834. The number of likely N-dealkylation sites (tertiary alicyclic amines) is 1. The Labute approximate surface area is 222 Å². The van der Waals surface area contributed by atoms with Gasteiger partial charge in [-0.25, -0.2) is 13.9 Å². The fourth-order valence-electron chi connectivity index (χ4n) is 4.75. The van der Waals surface area contributed by atoms with Gasteiger partial charge in [-0.15, -0.1) is 24.8 Å². The van der Waals surface area contributed by atoms with Crippen LogP contribution in [0.1, 0.15) is 38.2 Å². The Morgan fingerprint density at radius 1 is 1.06 bits per heavy atom. The van der Waals surface area contributed by atoms with E-state index in [1.54, 1.807) is 12.6 Å². The topological polar surface area (TPSA) is 102 Å². The first kappa shape index (κ1) is 31.9. The van der Waals surface area contributed by atoms with Crippen molar-refractivity contribution in [2.24, 2.45) is 0 Å². The molecule has 2 aliphatic rings. The summed E-state index contributed by atoms with van der Waals surface area (Å²) >= 11 is 0. The highest BCUT2D eigenvalue weighted by molar-refractivity contribution is 7.91. The molecule has 2 aliphatic heterocycles. The predicted octanol–water partition coefficient (Wildman–Crippen LogP) is 2.31. The second-order valence-electron chi connectivity index (χ2n) is 8.93. The largest absolute Gasteiger partial charge is 0.383 e. The standard InChI is InChI=1S/C23H38N4O5S.2ClH/c1-3-4-5-20-6-8-21(9-7-20)26-14-16-27(17-15-26)33(30,31)23(22(28)24-29)10-12-25(13-11-23)18-19-32-2;;/h6-9,29H,3-5,10-19H2,1-2H3,(H,24,28);2*1H. The molecule has 0 aromatic heterocycles. The van der Waals surface area contributed by atoms with Crippen LogP contribution in [-0.4, -0.2) is 93.0 Å². The number of aryl methyl sites for hydroxylation is 1. The zero-order valence-electron chi connectivity index (χ0n) is 20.6. The van der Waals surface area contributed by atoms with Gasteiger partial charge in [0.05, 0.1) is 6.61 Å². The molecule has 2 fully saturated rings. The second-order valence-corrected chi connectivity index (χ2v) is 11.2. The molecule has 3 rings (SSSR count). The van der Waals surface area contributed by atoms with E-state index in [-0.39, 0.29) is 37.7 Å². The van der Waals surface area contributed by atoms with Crippen LogP contribution < -0.4 is 10.4 Å². The molecule has 202 valence electrons. The van der Waals surface area contributed by atoms with Gasteiger partial charge in [0, 0.05) is 58.6 Å². The summed E-state index contributed by atoms with van der Waals surface area (Å²) in [4.78, 5) is 16.9. The number of anilines is 1. The monoisotopic (exact) mass is 554 g/mol. The van der Waals surface area contributed by atoms with Crippen molar-refractivity contribution in [3.63, 3.8) is 0 Å². The Kier molecular flexibility index (Phi) is 13.3. The predicted molar refractivity (Wildman–Crippen MR) is 142 cm³/mol. The number of carbonyl (C=O) groups is 1. The van der Waals surface area contributed by atoms with Gasteiger partial charge in [0.15, 0.2) is 4.75 Å². The number of sulfonamides is 1. The Balaban J connectivity index is 0.00000306. The van der Waals surface area contributed by atoms with Crippen LogP contribution in [0.3, 0.4) is 0 Å². The number of nitrogens with zero attached hydrogens (tertiary/aromatic N) is 3. The number of hydrogen-bond acceptors (Lipinski definition) is 7. The number of benzene rings is 1. The number of ether oxygens (including phenoxy) is 1. The first-order chi connectivity index (χ1) is 15.9. The third-order valence-electron chi connectivity index (χ3n) is 6.98. The summed E-state index contributed by atoms with van der Waals surface area (Å²) in [5.41, 5.74) is 4.03. The zero-order chi connectivity index (χ0) is 23.9. The van der Waals surface area contributed by atoms with E-state index in [0.717, 1.165) is 12.1 Å². The normalized spacial score (nSPS) is 18.9. The molecule has 0 bridgehead atoms. The number of piperidine rings is 1. The molecular weight excluding hydrogens is 515 g/mol. The van der Waals surface area contributed by atoms with Crippen molar-refractivity contribution in [1.82, 2.24) is 14.7 Å². The molecule has 0 radical (unpaired) electrons. The fraction of sp³-hybridized carbons (Fsp3) is 0.696. The van der Waals surface area contributed by atoms with Gasteiger partial charge in [-0.3, -0.25) is 10.0 Å². The Morgan fingerprint density at radius 2 is 1.66 bits per heavy atom. The van der Waals surface area contributed by atoms with Crippen molar-refractivity contribution in [2.45, 2.75) is 43.8 Å². The molecule has 0 aliphatic carbocycles. The van der Waals surface area contributed by atoms with Crippen molar-refractivity contribution in [3.05, 3.63) is 29.8 Å². The van der Waals surface area contributed by atoms with E-state index < -0.39 is 20.7 Å². The number of hydrogen-bond donors (Lipinski definition) is 2. The number of amides is 1. The number of nitrogens with one attached hydrogen (secondary N) is 1. The van der Waals surface area contributed by atoms with Crippen LogP contribution in [0.5, 0.6) is 0 Å². The minimum atomic E-state index is -3.95. The van der Waals surface area contributed by atoms with Gasteiger partial charge in [0.25, 0.3) is 5.91 Å². The van der Waals surface area contributed by atoms with Gasteiger partial charge in [0.1, 0.15) is 0 Å². The lowest BCUT2D eigenvalue weighted by molar-refractivity contribution is -0.133. The molecule has 1 amide bonds. The molecular formula is C23H40Cl2N4O5S. The minimum Gasteiger partial charge on any atom is -0.383 e. The lowest BCUT2D eigenvalue weighted by Gasteiger charge is -2.44. The maximum atomic E-state index is 13.7. The number of piperazine rings is 1. The quantitative estimate of drug-likeness (QED) is 0.338. The van der Waals surface area contributed by atoms with E-state index in [9.17, 15) is 18.4 Å². The highest BCUT2D eigenvalue weighted by Gasteiger charge is 2.55. The average Bonchev–Trinajstić information content (AvgIpc) is 2.86. The van der Waals surface area contributed by atoms with E-state index in [1.807, 2.05) is 0 Å². The molecule has 0 saturated carbocycles. The molecule has 1 aromatic rings. The Bertz CT molecular complexity index is 872. The van der Waals surface area contributed by atoms with Crippen LogP contribution >= 0.6 is 24.8 Å². The Morgan fingerprint density at radius 3 is 2.17 bits per heavy atom. The third-order valence-corrected chi connectivity index (χ3v) is 9.61. The van der Waals surface area contributed by atoms with E-state index in [0.29, 0.717) is 52.4 Å². The molecule has 2 heterocycles. The lowest BCUT2D eigenvalue weighted by Crippen LogP contribution is -2.63. The van der Waals surface area contributed by atoms with Gasteiger partial charge in [-0.05, 0) is 43.4 Å². The SMILES string of the molecule is CCCCc1ccc(N2CCN(S(=O)(=O)C3(C(=O)NO)CCN(CCOC)CC3)CC2)cc1.Cl.Cl. The van der Waals surface area contributed by atoms with Crippen LogP contribution in [0, 0.1) is 0 Å². The molecule has 2 N–H and O–H groups in total. The van der Waals surface area contributed by atoms with Crippen molar-refractivity contribution in [2.75, 3.05) is 64.4 Å². The lowest BCUT2D eigenvalue weighted by atomic mass is 9.95. The van der Waals surface area contributed by atoms with Gasteiger partial charge < -0.3 is 14.5 Å². The molecule has 0 atom stereocenters. The van der Waals surface area contributed by atoms with Gasteiger partial charge in [-0.2, -0.15) is 4.31 Å². The third kappa shape index (κ3) is 7.21. The van der Waals surface area contributed by atoms with Crippen molar-refractivity contribution >= 4 is 46.4 Å². The van der Waals surface area contributed by atoms with Crippen LogP contribution in [0.4, 0.5) is 5.69 Å². The van der Waals surface area contributed by atoms with Gasteiger partial charge in [-0.1, -0.05) is 25.5 Å². The summed E-state index contributed by atoms with van der Waals surface area (Å²) in [5, 5.41) is 9.36. The maximum Gasteiger partial charge on any atom is 0.266 e. The summed E-state index contributed by atoms with van der Waals surface area (Å²) < 4.78 is 32.2. The number of halogens is 2. The van der Waals surface area contributed by atoms with E-state index in [2.05, 4.69) is 41.0 Å². The van der Waals surface area contributed by atoms with Crippen LogP contribution in [-0.2, 0) is 26.0 Å². The molecule has 2 saturated heterocycles. The maximum absolute atomic E-state index is 13.7. The van der Waals surface area contributed by atoms with Gasteiger partial charge >= 0.3 is 0 Å².